The van der Waals surface area contributed by atoms with Gasteiger partial charge in [-0.15, -0.1) is 0 Å². The molecule has 82 heavy (non-hydrogen) atoms. The number of aliphatic hydroxyl groups is 2. The van der Waals surface area contributed by atoms with Gasteiger partial charge in [-0.25, -0.2) is 0 Å². The van der Waals surface area contributed by atoms with Crippen LogP contribution in [-0.4, -0.2) is 46.6 Å². The first-order valence-electron chi connectivity index (χ1n) is 33.0. The lowest BCUT2D eigenvalue weighted by atomic mass is 9.29. The van der Waals surface area contributed by atoms with Gasteiger partial charge in [-0.1, -0.05) is 179 Å². The maximum absolute atomic E-state index is 14.5. The summed E-state index contributed by atoms with van der Waals surface area (Å²) < 4.78 is 0. The second kappa shape index (κ2) is 21.1. The van der Waals surface area contributed by atoms with E-state index in [-0.39, 0.29) is 45.3 Å². The first-order valence-corrected chi connectivity index (χ1v) is 33.0. The lowest BCUT2D eigenvalue weighted by Crippen LogP contribution is -2.69. The monoisotopic (exact) mass is 1100 g/mol. The predicted octanol–water partition coefficient (Wildman–Crippen LogP) is 14.1. The number of fused-ring (bicyclic) bond motifs is 1. The molecule has 6 aliphatic heterocycles. The number of aliphatic carboxylic acids is 1. The van der Waals surface area contributed by atoms with E-state index in [1.165, 1.54) is 106 Å². The molecule has 15 bridgehead atoms. The zero-order chi connectivity index (χ0) is 56.2. The van der Waals surface area contributed by atoms with Crippen LogP contribution < -0.4 is 21.1 Å². The summed E-state index contributed by atoms with van der Waals surface area (Å²) in [6.07, 6.45) is 37.3. The molecule has 18 rings (SSSR count). The van der Waals surface area contributed by atoms with Crippen LogP contribution in [0.15, 0.2) is 138 Å². The molecule has 9 aliphatic carbocycles. The minimum Gasteiger partial charge on any atom is -0.481 e. The number of dihydropyridines is 1. The molecule has 0 amide bonds. The van der Waals surface area contributed by atoms with E-state index in [2.05, 4.69) is 141 Å². The van der Waals surface area contributed by atoms with Crippen LogP contribution in [-0.2, 0) is 24.1 Å². The molecule has 4 saturated carbocycles. The fraction of sp³-hybridized carbons (Fsp3) is 0.566. The van der Waals surface area contributed by atoms with E-state index in [0.29, 0.717) is 37.0 Å². The molecular weight excluding hydrogens is 1000 g/mol. The number of nitrogens with one attached hydrogen (secondary N) is 2. The third kappa shape index (κ3) is 8.60. The van der Waals surface area contributed by atoms with Gasteiger partial charge < -0.3 is 26.0 Å². The van der Waals surface area contributed by atoms with Crippen LogP contribution in [0, 0.1) is 74.4 Å². The number of unbranched alkanes of at least 4 members (excludes halogenated alkanes) is 2. The van der Waals surface area contributed by atoms with Crippen molar-refractivity contribution in [3.05, 3.63) is 171 Å². The van der Waals surface area contributed by atoms with Crippen molar-refractivity contribution < 1.29 is 20.1 Å². The Balaban J connectivity index is 0.952. The Bertz CT molecular complexity index is 3330. The fourth-order valence-electron chi connectivity index (χ4n) is 22.0. The molecule has 0 aromatic heterocycles. The fourth-order valence-corrected chi connectivity index (χ4v) is 22.0. The number of carboxylic acids is 1. The molecule has 3 aromatic rings. The standard InChI is InChI=1S/C76H94N2O4/c1-5-6-8-17-49-18-13-19-50(36-49)37-52-39-57-42-64-65-45-74-33-16-32-72(3)67(80)31-34-76(64,71(72)74)63-41-55-23-11-12-25-59(55)61(62(63)44-74)40-51-20-14-24-54(38-51)56-28-30-68(78-47-56)77-35-15-26-58(53-21-9-7-10-22-53)48(2)27-29-60(70(81)82)69-66(79)46-75(65,43-52)73(57,69)4/h11-14,16,18-20,23-25,28,30,33,36,38,41,44,52-53,57-58,60,63,66-67,69,71,77-80H,2,5-10,15,17,21-22,26-27,29,31-32,34-35,37,39-40,42-43,45-47H2,1,3-4H3,(H,81,82)/t52-,57+,58-,60-,63-,66-,67+,69+,71-,72-,73-,74-,75+,76+/m1/s1. The molecule has 3 aromatic carbocycles. The smallest absolute Gasteiger partial charge is 0.306 e. The van der Waals surface area contributed by atoms with Gasteiger partial charge in [0.05, 0.1) is 23.9 Å². The van der Waals surface area contributed by atoms with E-state index in [0.717, 1.165) is 96.0 Å². The number of aryl methyl sites for hydroxylation is 1. The third-order valence-corrected chi connectivity index (χ3v) is 25.3. The molecule has 0 radical (unpaired) electrons. The van der Waals surface area contributed by atoms with Gasteiger partial charge >= 0.3 is 5.97 Å². The lowest BCUT2D eigenvalue weighted by Gasteiger charge is -2.74. The van der Waals surface area contributed by atoms with Gasteiger partial charge in [0.2, 0.25) is 0 Å². The van der Waals surface area contributed by atoms with Crippen molar-refractivity contribution in [3.8, 4) is 0 Å². The van der Waals surface area contributed by atoms with E-state index < -0.39 is 29.5 Å². The molecule has 432 valence electrons. The summed E-state index contributed by atoms with van der Waals surface area (Å²) in [5.41, 5.74) is 12.5. The number of carboxylic acid groups (broad SMARTS) is 1. The van der Waals surface area contributed by atoms with Gasteiger partial charge in [-0.2, -0.15) is 0 Å². The second-order valence-corrected chi connectivity index (χ2v) is 29.3. The highest BCUT2D eigenvalue weighted by molar-refractivity contribution is 5.78. The molecule has 4 fully saturated rings. The number of benzene rings is 3. The Hall–Kier alpha value is -5.17. The Morgan fingerprint density at radius 3 is 2.52 bits per heavy atom. The molecule has 6 nitrogen and oxygen atoms in total. The highest BCUT2D eigenvalue weighted by atomic mass is 16.4. The number of hydrogen-bond donors (Lipinski definition) is 5. The van der Waals surface area contributed by atoms with E-state index in [9.17, 15) is 20.1 Å². The van der Waals surface area contributed by atoms with Crippen molar-refractivity contribution in [2.75, 3.05) is 13.1 Å². The Labute approximate surface area is 490 Å². The van der Waals surface area contributed by atoms with Crippen LogP contribution in [0.5, 0.6) is 0 Å². The largest absolute Gasteiger partial charge is 0.481 e. The van der Waals surface area contributed by atoms with Crippen LogP contribution in [0.4, 0.5) is 0 Å². The molecule has 6 heterocycles. The first kappa shape index (κ1) is 54.7. The van der Waals surface area contributed by atoms with Gasteiger partial charge in [0.15, 0.2) is 0 Å². The highest BCUT2D eigenvalue weighted by Gasteiger charge is 2.77. The van der Waals surface area contributed by atoms with Gasteiger partial charge in [-0.05, 0) is 206 Å². The van der Waals surface area contributed by atoms with Gasteiger partial charge in [-0.3, -0.25) is 4.79 Å². The number of rotatable bonds is 8. The maximum Gasteiger partial charge on any atom is 0.306 e. The first-order chi connectivity index (χ1) is 39.8. The van der Waals surface area contributed by atoms with E-state index in [4.69, 9.17) is 6.58 Å². The average Bonchev–Trinajstić information content (AvgIpc) is 1.11. The summed E-state index contributed by atoms with van der Waals surface area (Å²) in [6.45, 7) is 13.8. The average molecular weight is 1100 g/mol. The third-order valence-electron chi connectivity index (χ3n) is 25.3. The summed E-state index contributed by atoms with van der Waals surface area (Å²) in [6, 6.07) is 28.1. The molecular formula is C76H94N2O4. The Kier molecular flexibility index (Phi) is 14.1. The van der Waals surface area contributed by atoms with E-state index >= 15 is 0 Å². The molecule has 15 aliphatic rings. The lowest BCUT2D eigenvalue weighted by molar-refractivity contribution is -0.172. The quantitative estimate of drug-likeness (QED) is 0.114. The summed E-state index contributed by atoms with van der Waals surface area (Å²) in [4.78, 5) is 14.5. The predicted molar refractivity (Wildman–Crippen MR) is 332 cm³/mol. The molecule has 6 heteroatoms. The van der Waals surface area contributed by atoms with Crippen LogP contribution in [0.2, 0.25) is 0 Å². The maximum atomic E-state index is 14.5. The zero-order valence-electron chi connectivity index (χ0n) is 49.8. The summed E-state index contributed by atoms with van der Waals surface area (Å²) in [5, 5.41) is 48.1. The van der Waals surface area contributed by atoms with Crippen molar-refractivity contribution in [2.24, 2.45) is 74.4 Å². The second-order valence-electron chi connectivity index (χ2n) is 29.3. The minimum absolute atomic E-state index is 0.118. The van der Waals surface area contributed by atoms with Crippen molar-refractivity contribution >= 4 is 23.2 Å². The number of allylic oxidation sites excluding steroid dienone is 9. The Morgan fingerprint density at radius 1 is 0.854 bits per heavy atom. The number of aliphatic hydroxyl groups excluding tert-OH is 2. The highest BCUT2D eigenvalue weighted by Crippen LogP contribution is 2.83. The van der Waals surface area contributed by atoms with E-state index in [1.807, 2.05) is 0 Å². The van der Waals surface area contributed by atoms with Crippen molar-refractivity contribution in [3.63, 3.8) is 0 Å². The van der Waals surface area contributed by atoms with Crippen LogP contribution in [0.1, 0.15) is 171 Å². The molecule has 5 N–H and O–H groups in total. The van der Waals surface area contributed by atoms with Crippen molar-refractivity contribution in [2.45, 2.75) is 181 Å². The zero-order valence-corrected chi connectivity index (χ0v) is 49.8. The summed E-state index contributed by atoms with van der Waals surface area (Å²) in [5.74, 6) is 1.18. The van der Waals surface area contributed by atoms with Crippen molar-refractivity contribution in [1.82, 2.24) is 10.6 Å². The molecule has 2 spiro atoms. The molecule has 0 saturated heterocycles. The SMILES string of the molecule is C=C1CC[C@@H](C(=O)O)[C@H]2[C@H](O)C[C@@]34C[C@H](Cc5cccc(CCCCC)c5)C[C@@H](CC5=C3C[C@@]36C=CC[C@]7(C)[C@@H](O)CC[C@@]5([C@@H]5C=c8ccccc8=C(Cc8cccc(c8)C8=CC=C(NCCC[C@H]1C1CCCCC1)NC8)C5=C3)[C@@H]67)[C@]24C. The van der Waals surface area contributed by atoms with Gasteiger partial charge in [0.1, 0.15) is 0 Å². The summed E-state index contributed by atoms with van der Waals surface area (Å²) >= 11 is 0. The van der Waals surface area contributed by atoms with Crippen LogP contribution in [0.25, 0.3) is 17.2 Å². The van der Waals surface area contributed by atoms with Gasteiger partial charge in [0, 0.05) is 46.6 Å². The normalized spacial score (nSPS) is 38.4. The Morgan fingerprint density at radius 2 is 1.70 bits per heavy atom. The van der Waals surface area contributed by atoms with Crippen LogP contribution in [0.3, 0.4) is 0 Å². The minimum atomic E-state index is -0.733. The van der Waals surface area contributed by atoms with Crippen LogP contribution >= 0.6 is 0 Å². The van der Waals surface area contributed by atoms with E-state index in [1.54, 1.807) is 11.1 Å². The van der Waals surface area contributed by atoms with Gasteiger partial charge in [0.25, 0.3) is 0 Å². The summed E-state index contributed by atoms with van der Waals surface area (Å²) in [7, 11) is 0. The molecule has 0 unspecified atom stereocenters. The number of carbonyl (C=O) groups is 1. The molecule has 14 atom stereocenters. The topological polar surface area (TPSA) is 102 Å². The van der Waals surface area contributed by atoms with Crippen molar-refractivity contribution in [1.29, 1.82) is 0 Å². The number of hydrogen-bond acceptors (Lipinski definition) is 5.